The van der Waals surface area contributed by atoms with Crippen molar-refractivity contribution < 1.29 is 9.69 Å². The summed E-state index contributed by atoms with van der Waals surface area (Å²) in [5.41, 5.74) is 5.57. The summed E-state index contributed by atoms with van der Waals surface area (Å²) in [6, 6.07) is 12.1. The highest BCUT2D eigenvalue weighted by Crippen LogP contribution is 2.22. The summed E-state index contributed by atoms with van der Waals surface area (Å²) < 4.78 is 0. The van der Waals surface area contributed by atoms with Crippen LogP contribution in [0.2, 0.25) is 5.02 Å². The van der Waals surface area contributed by atoms with Gasteiger partial charge in [0.2, 0.25) is 0 Å². The molecule has 2 aromatic carbocycles. The second kappa shape index (κ2) is 8.32. The fourth-order valence-electron chi connectivity index (χ4n) is 3.95. The van der Waals surface area contributed by atoms with Gasteiger partial charge >= 0.3 is 0 Å². The van der Waals surface area contributed by atoms with Gasteiger partial charge < -0.3 is 15.1 Å². The smallest absolute Gasteiger partial charge is 0.282 e. The number of nitrogens with one attached hydrogen (secondary N) is 2. The van der Waals surface area contributed by atoms with Crippen LogP contribution in [-0.2, 0) is 4.79 Å². The number of halogens is 1. The maximum atomic E-state index is 12.8. The molecule has 3 rings (SSSR count). The van der Waals surface area contributed by atoms with Crippen LogP contribution in [0, 0.1) is 20.8 Å². The minimum absolute atomic E-state index is 0.0772. The Morgan fingerprint density at radius 2 is 1.74 bits per heavy atom. The molecule has 1 heterocycles. The Balaban J connectivity index is 1.60. The first-order valence-corrected chi connectivity index (χ1v) is 9.97. The van der Waals surface area contributed by atoms with E-state index in [-0.39, 0.29) is 11.9 Å². The molecule has 1 fully saturated rings. The lowest BCUT2D eigenvalue weighted by Crippen LogP contribution is -3.19. The predicted octanol–water partition coefficient (Wildman–Crippen LogP) is 3.00. The molecule has 0 aromatic heterocycles. The summed E-state index contributed by atoms with van der Waals surface area (Å²) in [6.07, 6.45) is 0. The Bertz CT molecular complexity index is 805. The van der Waals surface area contributed by atoms with Gasteiger partial charge in [-0.1, -0.05) is 35.4 Å². The van der Waals surface area contributed by atoms with Gasteiger partial charge in [-0.15, -0.1) is 0 Å². The summed E-state index contributed by atoms with van der Waals surface area (Å²) in [5, 5.41) is 3.93. The molecular weight excluding hydrogens is 358 g/mol. The van der Waals surface area contributed by atoms with Crippen molar-refractivity contribution in [3.63, 3.8) is 0 Å². The first-order chi connectivity index (χ1) is 12.8. The summed E-state index contributed by atoms with van der Waals surface area (Å²) in [5.74, 6) is 0.0938. The molecule has 0 aliphatic carbocycles. The number of rotatable bonds is 4. The number of anilines is 2. The summed E-state index contributed by atoms with van der Waals surface area (Å²) in [4.78, 5) is 16.5. The molecule has 1 aliphatic rings. The average Bonchev–Trinajstić information content (AvgIpc) is 2.64. The first-order valence-electron chi connectivity index (χ1n) is 9.59. The van der Waals surface area contributed by atoms with Crippen molar-refractivity contribution in [2.75, 3.05) is 36.4 Å². The lowest BCUT2D eigenvalue weighted by atomic mass is 10.0. The Morgan fingerprint density at radius 3 is 2.33 bits per heavy atom. The van der Waals surface area contributed by atoms with E-state index in [4.69, 9.17) is 11.6 Å². The quantitative estimate of drug-likeness (QED) is 0.847. The van der Waals surface area contributed by atoms with Crippen LogP contribution in [-0.4, -0.2) is 38.1 Å². The van der Waals surface area contributed by atoms with E-state index in [2.05, 4.69) is 49.2 Å². The van der Waals surface area contributed by atoms with E-state index in [0.717, 1.165) is 53.7 Å². The molecule has 4 nitrogen and oxygen atoms in total. The number of quaternary nitrogens is 1. The Morgan fingerprint density at radius 1 is 1.11 bits per heavy atom. The van der Waals surface area contributed by atoms with Crippen LogP contribution in [0.4, 0.5) is 11.4 Å². The van der Waals surface area contributed by atoms with E-state index in [9.17, 15) is 4.79 Å². The van der Waals surface area contributed by atoms with Crippen LogP contribution in [0.15, 0.2) is 36.4 Å². The van der Waals surface area contributed by atoms with Gasteiger partial charge in [0.25, 0.3) is 5.91 Å². The minimum Gasteiger partial charge on any atom is -0.360 e. The zero-order chi connectivity index (χ0) is 19.6. The van der Waals surface area contributed by atoms with Crippen molar-refractivity contribution >= 4 is 28.9 Å². The lowest BCUT2D eigenvalue weighted by Gasteiger charge is -2.36. The van der Waals surface area contributed by atoms with Crippen LogP contribution < -0.4 is 15.1 Å². The van der Waals surface area contributed by atoms with E-state index in [1.807, 2.05) is 25.1 Å². The largest absolute Gasteiger partial charge is 0.360 e. The highest BCUT2D eigenvalue weighted by atomic mass is 35.5. The predicted molar refractivity (Wildman–Crippen MR) is 113 cm³/mol. The van der Waals surface area contributed by atoms with Gasteiger partial charge in [0, 0.05) is 16.4 Å². The number of carbonyl (C=O) groups is 1. The topological polar surface area (TPSA) is 36.8 Å². The Labute approximate surface area is 167 Å². The molecule has 1 atom stereocenters. The number of hydrogen-bond donors (Lipinski definition) is 2. The molecular formula is C22H29ClN3O+. The molecule has 0 spiro atoms. The van der Waals surface area contributed by atoms with Crippen molar-refractivity contribution in [1.82, 2.24) is 0 Å². The second-order valence-electron chi connectivity index (χ2n) is 7.61. The molecule has 0 bridgehead atoms. The van der Waals surface area contributed by atoms with Crippen LogP contribution in [0.25, 0.3) is 0 Å². The standard InChI is InChI=1S/C22H28ClN3O/c1-15-12-16(2)21(17(3)13-15)24-22(27)18(4)25-8-10-26(11-9-25)20-7-5-6-19(23)14-20/h5-7,12-14,18H,8-11H2,1-4H3,(H,24,27)/p+1/t18-/m0/s1. The van der Waals surface area contributed by atoms with Crippen LogP contribution in [0.5, 0.6) is 0 Å². The van der Waals surface area contributed by atoms with Gasteiger partial charge in [-0.2, -0.15) is 0 Å². The van der Waals surface area contributed by atoms with Gasteiger partial charge in [-0.25, -0.2) is 0 Å². The van der Waals surface area contributed by atoms with E-state index < -0.39 is 0 Å². The first kappa shape index (κ1) is 19.7. The molecule has 0 unspecified atom stereocenters. The van der Waals surface area contributed by atoms with Crippen LogP contribution in [0.3, 0.4) is 0 Å². The van der Waals surface area contributed by atoms with Crippen molar-refractivity contribution in [3.8, 4) is 0 Å². The van der Waals surface area contributed by atoms with E-state index in [1.54, 1.807) is 0 Å². The molecule has 1 amide bonds. The minimum atomic E-state index is -0.0772. The third kappa shape index (κ3) is 4.63. The van der Waals surface area contributed by atoms with Crippen molar-refractivity contribution in [3.05, 3.63) is 58.1 Å². The SMILES string of the molecule is Cc1cc(C)c(NC(=O)[C@H](C)[NH+]2CCN(c3cccc(Cl)c3)CC2)c(C)c1. The van der Waals surface area contributed by atoms with Gasteiger partial charge in [-0.3, -0.25) is 4.79 Å². The third-order valence-electron chi connectivity index (χ3n) is 5.51. The molecule has 5 heteroatoms. The van der Waals surface area contributed by atoms with Crippen LogP contribution >= 0.6 is 11.6 Å². The molecule has 0 radical (unpaired) electrons. The average molecular weight is 387 g/mol. The van der Waals surface area contributed by atoms with E-state index in [0.29, 0.717) is 0 Å². The molecule has 2 aromatic rings. The summed E-state index contributed by atoms with van der Waals surface area (Å²) >= 11 is 6.11. The highest BCUT2D eigenvalue weighted by molar-refractivity contribution is 6.30. The van der Waals surface area contributed by atoms with Crippen molar-refractivity contribution in [2.24, 2.45) is 0 Å². The Kier molecular flexibility index (Phi) is 6.08. The fourth-order valence-corrected chi connectivity index (χ4v) is 4.14. The van der Waals surface area contributed by atoms with Gasteiger partial charge in [0.1, 0.15) is 0 Å². The van der Waals surface area contributed by atoms with Gasteiger partial charge in [-0.05, 0) is 57.0 Å². The van der Waals surface area contributed by atoms with Crippen molar-refractivity contribution in [1.29, 1.82) is 0 Å². The normalized spacial score (nSPS) is 16.3. The third-order valence-corrected chi connectivity index (χ3v) is 5.75. The number of benzene rings is 2. The number of amides is 1. The van der Waals surface area contributed by atoms with Crippen LogP contribution in [0.1, 0.15) is 23.6 Å². The molecule has 1 aliphatic heterocycles. The summed E-state index contributed by atoms with van der Waals surface area (Å²) in [6.45, 7) is 11.9. The number of nitrogens with zero attached hydrogens (tertiary/aromatic N) is 1. The maximum Gasteiger partial charge on any atom is 0.282 e. The lowest BCUT2D eigenvalue weighted by molar-refractivity contribution is -0.914. The fraction of sp³-hybridized carbons (Fsp3) is 0.409. The monoisotopic (exact) mass is 386 g/mol. The summed E-state index contributed by atoms with van der Waals surface area (Å²) in [7, 11) is 0. The number of piperazine rings is 1. The second-order valence-corrected chi connectivity index (χ2v) is 8.05. The number of carbonyl (C=O) groups excluding carboxylic acids is 1. The highest BCUT2D eigenvalue weighted by Gasteiger charge is 2.29. The number of hydrogen-bond acceptors (Lipinski definition) is 2. The van der Waals surface area contributed by atoms with E-state index >= 15 is 0 Å². The molecule has 0 saturated carbocycles. The Hall–Kier alpha value is -2.04. The van der Waals surface area contributed by atoms with Crippen molar-refractivity contribution in [2.45, 2.75) is 33.7 Å². The zero-order valence-corrected chi connectivity index (χ0v) is 17.4. The molecule has 1 saturated heterocycles. The maximum absolute atomic E-state index is 12.8. The zero-order valence-electron chi connectivity index (χ0n) is 16.6. The van der Waals surface area contributed by atoms with Gasteiger partial charge in [0.15, 0.2) is 6.04 Å². The molecule has 27 heavy (non-hydrogen) atoms. The number of aryl methyl sites for hydroxylation is 3. The van der Waals surface area contributed by atoms with Gasteiger partial charge in [0.05, 0.1) is 26.2 Å². The molecule has 2 N–H and O–H groups in total. The van der Waals surface area contributed by atoms with E-state index in [1.165, 1.54) is 10.5 Å². The molecule has 144 valence electrons.